The molecule has 1 aromatic rings. The van der Waals surface area contributed by atoms with E-state index in [1.807, 2.05) is 0 Å². The van der Waals surface area contributed by atoms with E-state index in [1.165, 1.54) is 0 Å². The Kier molecular flexibility index (Phi) is 4.26. The number of rotatable bonds is 5. The topological polar surface area (TPSA) is 59.4 Å². The van der Waals surface area contributed by atoms with Crippen LogP contribution in [-0.2, 0) is 21.6 Å². The minimum Gasteiger partial charge on any atom is -0.481 e. The lowest BCUT2D eigenvalue weighted by atomic mass is 9.91. The lowest BCUT2D eigenvalue weighted by molar-refractivity contribution is -0.139. The molecular weight excluding hydrogens is 262 g/mol. The maximum atomic E-state index is 11.3. The molecule has 0 saturated heterocycles. The molecule has 1 heterocycles. The Hall–Kier alpha value is -0.940. The summed E-state index contributed by atoms with van der Waals surface area (Å²) >= 11 is 1.64. The molecule has 0 saturated carbocycles. The van der Waals surface area contributed by atoms with E-state index in [2.05, 4.69) is 18.8 Å². The standard InChI is InChI=1S/C14H21NO3S/c1-4-14(5-2,18-3)13-15-11-9(12(16)17)7-6-8-10(11)19-13/h9H,4-8H2,1-3H3,(H,16,17). The molecule has 0 amide bonds. The van der Waals surface area contributed by atoms with Crippen molar-refractivity contribution in [3.05, 3.63) is 15.6 Å². The number of hydrogen-bond donors (Lipinski definition) is 1. The summed E-state index contributed by atoms with van der Waals surface area (Å²) < 4.78 is 5.70. The van der Waals surface area contributed by atoms with Crippen molar-refractivity contribution in [2.45, 2.75) is 57.5 Å². The van der Waals surface area contributed by atoms with E-state index < -0.39 is 11.9 Å². The first-order chi connectivity index (χ1) is 9.07. The highest BCUT2D eigenvalue weighted by Gasteiger charge is 2.36. The van der Waals surface area contributed by atoms with Gasteiger partial charge in [-0.3, -0.25) is 4.79 Å². The number of nitrogens with zero attached hydrogens (tertiary/aromatic N) is 1. The summed E-state index contributed by atoms with van der Waals surface area (Å²) in [5.74, 6) is -1.19. The van der Waals surface area contributed by atoms with E-state index in [0.717, 1.165) is 41.3 Å². The highest BCUT2D eigenvalue weighted by atomic mass is 32.1. The van der Waals surface area contributed by atoms with E-state index in [-0.39, 0.29) is 5.60 Å². The molecule has 0 aromatic carbocycles. The van der Waals surface area contributed by atoms with Crippen LogP contribution < -0.4 is 0 Å². The van der Waals surface area contributed by atoms with Crippen LogP contribution in [0.15, 0.2) is 0 Å². The zero-order valence-electron chi connectivity index (χ0n) is 11.7. The number of hydrogen-bond acceptors (Lipinski definition) is 4. The molecule has 106 valence electrons. The predicted octanol–water partition coefficient (Wildman–Crippen LogP) is 3.31. The van der Waals surface area contributed by atoms with Gasteiger partial charge in [0.1, 0.15) is 10.6 Å². The Morgan fingerprint density at radius 2 is 2.21 bits per heavy atom. The number of aliphatic carboxylic acids is 1. The van der Waals surface area contributed by atoms with Gasteiger partial charge in [0.15, 0.2) is 0 Å². The van der Waals surface area contributed by atoms with Gasteiger partial charge < -0.3 is 9.84 Å². The maximum absolute atomic E-state index is 11.3. The predicted molar refractivity (Wildman–Crippen MR) is 74.7 cm³/mol. The lowest BCUT2D eigenvalue weighted by Crippen LogP contribution is -2.26. The lowest BCUT2D eigenvalue weighted by Gasteiger charge is -2.27. The van der Waals surface area contributed by atoms with Gasteiger partial charge in [-0.1, -0.05) is 13.8 Å². The van der Waals surface area contributed by atoms with Crippen molar-refractivity contribution in [2.24, 2.45) is 0 Å². The van der Waals surface area contributed by atoms with Gasteiger partial charge in [0.05, 0.1) is 11.6 Å². The zero-order valence-corrected chi connectivity index (χ0v) is 12.5. The Balaban J connectivity index is 2.43. The molecule has 0 bridgehead atoms. The first kappa shape index (κ1) is 14.5. The van der Waals surface area contributed by atoms with Crippen molar-refractivity contribution < 1.29 is 14.6 Å². The average molecular weight is 283 g/mol. The van der Waals surface area contributed by atoms with Gasteiger partial charge in [0.25, 0.3) is 0 Å². The molecule has 4 nitrogen and oxygen atoms in total. The molecule has 2 rings (SSSR count). The van der Waals surface area contributed by atoms with Crippen LogP contribution in [0, 0.1) is 0 Å². The third-order valence-electron chi connectivity index (χ3n) is 4.18. The van der Waals surface area contributed by atoms with Crippen LogP contribution in [0.1, 0.15) is 61.0 Å². The summed E-state index contributed by atoms with van der Waals surface area (Å²) in [4.78, 5) is 17.1. The minimum absolute atomic E-state index is 0.356. The molecule has 1 unspecified atom stereocenters. The Morgan fingerprint density at radius 3 is 2.74 bits per heavy atom. The van der Waals surface area contributed by atoms with Crippen molar-refractivity contribution in [3.63, 3.8) is 0 Å². The van der Waals surface area contributed by atoms with E-state index >= 15 is 0 Å². The largest absolute Gasteiger partial charge is 0.481 e. The SMILES string of the molecule is CCC(CC)(OC)c1nc2c(s1)CCCC2C(=O)O. The number of thiazole rings is 1. The fraction of sp³-hybridized carbons (Fsp3) is 0.714. The molecule has 1 aliphatic rings. The molecular formula is C14H21NO3S. The maximum Gasteiger partial charge on any atom is 0.312 e. The van der Waals surface area contributed by atoms with Crippen molar-refractivity contribution in [1.29, 1.82) is 0 Å². The fourth-order valence-corrected chi connectivity index (χ4v) is 4.26. The molecule has 1 N–H and O–H groups in total. The Bertz CT molecular complexity index is 457. The quantitative estimate of drug-likeness (QED) is 0.900. The molecule has 0 aliphatic heterocycles. The molecule has 5 heteroatoms. The van der Waals surface area contributed by atoms with Gasteiger partial charge in [-0.25, -0.2) is 4.98 Å². The number of carbonyl (C=O) groups is 1. The number of aryl methyl sites for hydroxylation is 1. The van der Waals surface area contributed by atoms with Crippen LogP contribution in [0.25, 0.3) is 0 Å². The van der Waals surface area contributed by atoms with Crippen LogP contribution in [0.4, 0.5) is 0 Å². The highest BCUT2D eigenvalue weighted by molar-refractivity contribution is 7.11. The van der Waals surface area contributed by atoms with Crippen molar-refractivity contribution >= 4 is 17.3 Å². The normalized spacial score (nSPS) is 19.2. The molecule has 1 aliphatic carbocycles. The van der Waals surface area contributed by atoms with Crippen LogP contribution in [0.2, 0.25) is 0 Å². The molecule has 0 fully saturated rings. The molecule has 0 spiro atoms. The van der Waals surface area contributed by atoms with E-state index in [4.69, 9.17) is 4.74 Å². The zero-order chi connectivity index (χ0) is 14.0. The van der Waals surface area contributed by atoms with Gasteiger partial charge in [-0.05, 0) is 32.1 Å². The summed E-state index contributed by atoms with van der Waals surface area (Å²) in [6.45, 7) is 4.17. The van der Waals surface area contributed by atoms with Crippen molar-refractivity contribution in [2.75, 3.05) is 7.11 Å². The Morgan fingerprint density at radius 1 is 1.53 bits per heavy atom. The smallest absolute Gasteiger partial charge is 0.312 e. The number of fused-ring (bicyclic) bond motifs is 1. The molecule has 0 radical (unpaired) electrons. The van der Waals surface area contributed by atoms with Gasteiger partial charge in [0.2, 0.25) is 0 Å². The fourth-order valence-electron chi connectivity index (χ4n) is 2.78. The molecule has 1 aromatic heterocycles. The third-order valence-corrected chi connectivity index (χ3v) is 5.49. The number of ether oxygens (including phenoxy) is 1. The van der Waals surface area contributed by atoms with E-state index in [9.17, 15) is 9.90 Å². The number of methoxy groups -OCH3 is 1. The second-order valence-electron chi connectivity index (χ2n) is 5.02. The van der Waals surface area contributed by atoms with Crippen molar-refractivity contribution in [3.8, 4) is 0 Å². The third kappa shape index (κ3) is 2.41. The molecule has 1 atom stereocenters. The second kappa shape index (κ2) is 5.59. The minimum atomic E-state index is -0.756. The molecule has 19 heavy (non-hydrogen) atoms. The summed E-state index contributed by atoms with van der Waals surface area (Å²) in [7, 11) is 1.71. The van der Waals surface area contributed by atoms with E-state index in [0.29, 0.717) is 6.42 Å². The van der Waals surface area contributed by atoms with Crippen LogP contribution in [-0.4, -0.2) is 23.2 Å². The van der Waals surface area contributed by atoms with Crippen molar-refractivity contribution in [1.82, 2.24) is 4.98 Å². The first-order valence-corrected chi connectivity index (χ1v) is 7.67. The summed E-state index contributed by atoms with van der Waals surface area (Å²) in [5, 5.41) is 10.2. The first-order valence-electron chi connectivity index (χ1n) is 6.86. The summed E-state index contributed by atoms with van der Waals surface area (Å²) in [5.41, 5.74) is 0.424. The number of carboxylic acid groups (broad SMARTS) is 1. The van der Waals surface area contributed by atoms with Crippen LogP contribution in [0.5, 0.6) is 0 Å². The second-order valence-corrected chi connectivity index (χ2v) is 6.10. The summed E-state index contributed by atoms with van der Waals surface area (Å²) in [6, 6.07) is 0. The average Bonchev–Trinajstić information content (AvgIpc) is 2.85. The number of aromatic nitrogens is 1. The Labute approximate surface area is 117 Å². The van der Waals surface area contributed by atoms with Gasteiger partial charge >= 0.3 is 5.97 Å². The number of carboxylic acids is 1. The van der Waals surface area contributed by atoms with Gasteiger partial charge in [-0.15, -0.1) is 11.3 Å². The van der Waals surface area contributed by atoms with Crippen LogP contribution >= 0.6 is 11.3 Å². The van der Waals surface area contributed by atoms with Crippen LogP contribution in [0.3, 0.4) is 0 Å². The summed E-state index contributed by atoms with van der Waals surface area (Å²) in [6.07, 6.45) is 4.28. The van der Waals surface area contributed by atoms with Gasteiger partial charge in [-0.2, -0.15) is 0 Å². The van der Waals surface area contributed by atoms with E-state index in [1.54, 1.807) is 18.4 Å². The highest BCUT2D eigenvalue weighted by Crippen LogP contribution is 2.41. The monoisotopic (exact) mass is 283 g/mol. The van der Waals surface area contributed by atoms with Gasteiger partial charge in [0, 0.05) is 12.0 Å².